The quantitative estimate of drug-likeness (QED) is 0.899. The highest BCUT2D eigenvalue weighted by molar-refractivity contribution is 5.78. The van der Waals surface area contributed by atoms with Gasteiger partial charge in [0.1, 0.15) is 0 Å². The summed E-state index contributed by atoms with van der Waals surface area (Å²) in [6.07, 6.45) is 0. The van der Waals surface area contributed by atoms with Crippen molar-refractivity contribution in [3.05, 3.63) is 46.8 Å². The number of hydrogen-bond donors (Lipinski definition) is 1. The molecule has 0 aliphatic heterocycles. The van der Waals surface area contributed by atoms with Gasteiger partial charge in [0.25, 0.3) is 5.56 Å². The second kappa shape index (κ2) is 4.94. The lowest BCUT2D eigenvalue weighted by atomic mass is 10.1. The Bertz CT molecular complexity index is 593. The molecular weight excluding hydrogens is 224 g/mol. The molecule has 1 aromatic heterocycles. The van der Waals surface area contributed by atoms with Gasteiger partial charge in [0.15, 0.2) is 0 Å². The number of para-hydroxylation sites is 1. The van der Waals surface area contributed by atoms with Gasteiger partial charge in [0.2, 0.25) is 0 Å². The highest BCUT2D eigenvalue weighted by atomic mass is 16.1. The fraction of sp³-hybridized carbons (Fsp3) is 0.400. The SMILES string of the molecule is CC(C)(C)NCCn1c(=O)ccc2ccccc21. The Hall–Kier alpha value is -1.61. The van der Waals surface area contributed by atoms with Gasteiger partial charge in [-0.25, -0.2) is 0 Å². The monoisotopic (exact) mass is 244 g/mol. The van der Waals surface area contributed by atoms with Gasteiger partial charge in [0, 0.05) is 24.7 Å². The van der Waals surface area contributed by atoms with E-state index in [1.165, 1.54) is 0 Å². The molecule has 0 saturated carbocycles. The van der Waals surface area contributed by atoms with Gasteiger partial charge in [-0.15, -0.1) is 0 Å². The minimum absolute atomic E-state index is 0.0596. The molecule has 0 atom stereocenters. The molecule has 0 spiro atoms. The van der Waals surface area contributed by atoms with Crippen LogP contribution in [0.2, 0.25) is 0 Å². The predicted octanol–water partition coefficient (Wildman–Crippen LogP) is 2.39. The van der Waals surface area contributed by atoms with Gasteiger partial charge in [0.05, 0.1) is 5.52 Å². The maximum absolute atomic E-state index is 11.9. The summed E-state index contributed by atoms with van der Waals surface area (Å²) in [6.45, 7) is 7.85. The van der Waals surface area contributed by atoms with Crippen molar-refractivity contribution in [3.63, 3.8) is 0 Å². The maximum atomic E-state index is 11.9. The Morgan fingerprint density at radius 3 is 2.56 bits per heavy atom. The molecule has 0 aliphatic rings. The number of aromatic nitrogens is 1. The summed E-state index contributed by atoms with van der Waals surface area (Å²) in [5.74, 6) is 0. The smallest absolute Gasteiger partial charge is 0.251 e. The van der Waals surface area contributed by atoms with Crippen molar-refractivity contribution in [1.82, 2.24) is 9.88 Å². The third kappa shape index (κ3) is 2.99. The maximum Gasteiger partial charge on any atom is 0.251 e. The van der Waals surface area contributed by atoms with Crippen LogP contribution in [-0.2, 0) is 6.54 Å². The lowest BCUT2D eigenvalue weighted by Crippen LogP contribution is -2.39. The summed E-state index contributed by atoms with van der Waals surface area (Å²) in [4.78, 5) is 11.9. The van der Waals surface area contributed by atoms with E-state index in [0.29, 0.717) is 6.54 Å². The summed E-state index contributed by atoms with van der Waals surface area (Å²) < 4.78 is 1.83. The summed E-state index contributed by atoms with van der Waals surface area (Å²) in [5.41, 5.74) is 1.14. The molecule has 18 heavy (non-hydrogen) atoms. The van der Waals surface area contributed by atoms with Crippen LogP contribution in [0.25, 0.3) is 10.9 Å². The van der Waals surface area contributed by atoms with Crippen LogP contribution in [0, 0.1) is 0 Å². The topological polar surface area (TPSA) is 34.0 Å². The fourth-order valence-corrected chi connectivity index (χ4v) is 2.02. The van der Waals surface area contributed by atoms with Gasteiger partial charge in [-0.2, -0.15) is 0 Å². The van der Waals surface area contributed by atoms with E-state index in [-0.39, 0.29) is 11.1 Å². The Labute approximate surface area is 107 Å². The van der Waals surface area contributed by atoms with Crippen LogP contribution in [0.4, 0.5) is 0 Å². The number of nitrogens with zero attached hydrogens (tertiary/aromatic N) is 1. The first-order chi connectivity index (χ1) is 8.47. The van der Waals surface area contributed by atoms with E-state index in [1.54, 1.807) is 6.07 Å². The van der Waals surface area contributed by atoms with E-state index in [9.17, 15) is 4.79 Å². The predicted molar refractivity (Wildman–Crippen MR) is 76.0 cm³/mol. The van der Waals surface area contributed by atoms with Crippen LogP contribution >= 0.6 is 0 Å². The summed E-state index contributed by atoms with van der Waals surface area (Å²) in [5, 5.41) is 4.51. The Morgan fingerprint density at radius 2 is 1.83 bits per heavy atom. The third-order valence-corrected chi connectivity index (χ3v) is 2.89. The molecule has 0 saturated heterocycles. The number of hydrogen-bond acceptors (Lipinski definition) is 2. The summed E-state index contributed by atoms with van der Waals surface area (Å²) >= 11 is 0. The van der Waals surface area contributed by atoms with Gasteiger partial charge >= 0.3 is 0 Å². The fourth-order valence-electron chi connectivity index (χ4n) is 2.02. The first-order valence-corrected chi connectivity index (χ1v) is 6.31. The molecule has 1 N–H and O–H groups in total. The third-order valence-electron chi connectivity index (χ3n) is 2.89. The minimum atomic E-state index is 0.0596. The number of nitrogens with one attached hydrogen (secondary N) is 1. The molecular formula is C15H20N2O. The molecule has 96 valence electrons. The van der Waals surface area contributed by atoms with E-state index in [1.807, 2.05) is 34.9 Å². The van der Waals surface area contributed by atoms with Crippen LogP contribution in [0.15, 0.2) is 41.2 Å². The lowest BCUT2D eigenvalue weighted by molar-refractivity contribution is 0.412. The lowest BCUT2D eigenvalue weighted by Gasteiger charge is -2.21. The van der Waals surface area contributed by atoms with Crippen molar-refractivity contribution in [2.24, 2.45) is 0 Å². The first-order valence-electron chi connectivity index (χ1n) is 6.31. The Kier molecular flexibility index (Phi) is 3.53. The number of pyridine rings is 1. The standard InChI is InChI=1S/C15H20N2O/c1-15(2,3)16-10-11-17-13-7-5-4-6-12(13)8-9-14(17)18/h4-9,16H,10-11H2,1-3H3. The van der Waals surface area contributed by atoms with Crippen LogP contribution < -0.4 is 10.9 Å². The van der Waals surface area contributed by atoms with E-state index >= 15 is 0 Å². The molecule has 0 aliphatic carbocycles. The first kappa shape index (κ1) is 12.8. The number of fused-ring (bicyclic) bond motifs is 1. The molecule has 0 fully saturated rings. The van der Waals surface area contributed by atoms with Crippen LogP contribution in [-0.4, -0.2) is 16.7 Å². The molecule has 1 heterocycles. The van der Waals surface area contributed by atoms with Crippen molar-refractivity contribution in [2.75, 3.05) is 6.54 Å². The molecule has 1 aromatic carbocycles. The molecule has 2 aromatic rings. The molecule has 0 unspecified atom stereocenters. The normalized spacial score (nSPS) is 11.9. The van der Waals surface area contributed by atoms with Crippen molar-refractivity contribution in [3.8, 4) is 0 Å². The van der Waals surface area contributed by atoms with Gasteiger partial charge in [-0.05, 0) is 38.3 Å². The second-order valence-corrected chi connectivity index (χ2v) is 5.56. The van der Waals surface area contributed by atoms with Crippen LogP contribution in [0.5, 0.6) is 0 Å². The van der Waals surface area contributed by atoms with Crippen molar-refractivity contribution < 1.29 is 0 Å². The zero-order chi connectivity index (χ0) is 13.2. The van der Waals surface area contributed by atoms with Crippen molar-refractivity contribution in [1.29, 1.82) is 0 Å². The molecule has 3 heteroatoms. The molecule has 0 amide bonds. The summed E-state index contributed by atoms with van der Waals surface area (Å²) in [7, 11) is 0. The van der Waals surface area contributed by atoms with E-state index < -0.39 is 0 Å². The molecule has 2 rings (SSSR count). The van der Waals surface area contributed by atoms with E-state index in [0.717, 1.165) is 17.4 Å². The highest BCUT2D eigenvalue weighted by Crippen LogP contribution is 2.10. The van der Waals surface area contributed by atoms with Gasteiger partial charge < -0.3 is 9.88 Å². The van der Waals surface area contributed by atoms with Crippen LogP contribution in [0.1, 0.15) is 20.8 Å². The highest BCUT2D eigenvalue weighted by Gasteiger charge is 2.08. The second-order valence-electron chi connectivity index (χ2n) is 5.56. The summed E-state index contributed by atoms with van der Waals surface area (Å²) in [6, 6.07) is 11.5. The van der Waals surface area contributed by atoms with Gasteiger partial charge in [-0.3, -0.25) is 4.79 Å². The average molecular weight is 244 g/mol. The van der Waals surface area contributed by atoms with Crippen LogP contribution in [0.3, 0.4) is 0 Å². The van der Waals surface area contributed by atoms with Crippen molar-refractivity contribution in [2.45, 2.75) is 32.9 Å². The molecule has 0 radical (unpaired) electrons. The minimum Gasteiger partial charge on any atom is -0.310 e. The number of benzene rings is 1. The van der Waals surface area contributed by atoms with E-state index in [4.69, 9.17) is 0 Å². The van der Waals surface area contributed by atoms with Gasteiger partial charge in [-0.1, -0.05) is 18.2 Å². The molecule has 3 nitrogen and oxygen atoms in total. The zero-order valence-electron chi connectivity index (χ0n) is 11.2. The Morgan fingerprint density at radius 1 is 1.11 bits per heavy atom. The number of rotatable bonds is 3. The average Bonchev–Trinajstić information content (AvgIpc) is 2.31. The van der Waals surface area contributed by atoms with Crippen molar-refractivity contribution >= 4 is 10.9 Å². The Balaban J connectivity index is 2.27. The zero-order valence-corrected chi connectivity index (χ0v) is 11.2. The van der Waals surface area contributed by atoms with E-state index in [2.05, 4.69) is 26.1 Å². The largest absolute Gasteiger partial charge is 0.310 e. The molecule has 0 bridgehead atoms.